The molecule has 72 valence electrons. The van der Waals surface area contributed by atoms with Gasteiger partial charge < -0.3 is 5.11 Å². The van der Waals surface area contributed by atoms with Gasteiger partial charge in [-0.05, 0) is 19.1 Å². The molecule has 14 heavy (non-hydrogen) atoms. The zero-order valence-electron chi connectivity index (χ0n) is 7.58. The molecular weight excluding hydrogens is 198 g/mol. The summed E-state index contributed by atoms with van der Waals surface area (Å²) in [6, 6.07) is 5.61. The lowest BCUT2D eigenvalue weighted by atomic mass is 10.4. The highest BCUT2D eigenvalue weighted by Gasteiger charge is 2.10. The van der Waals surface area contributed by atoms with E-state index in [0.29, 0.717) is 5.01 Å². The Hall–Kier alpha value is -1.33. The molecule has 0 unspecified atom stereocenters. The van der Waals surface area contributed by atoms with E-state index in [0.717, 1.165) is 10.7 Å². The molecule has 5 heteroatoms. The Kier molecular flexibility index (Phi) is 2.51. The summed E-state index contributed by atoms with van der Waals surface area (Å²) < 4.78 is 0. The first kappa shape index (κ1) is 9.23. The minimum atomic E-state index is -0.565. The molecule has 2 heterocycles. The summed E-state index contributed by atoms with van der Waals surface area (Å²) in [5, 5.41) is 18.4. The number of aliphatic hydroxyl groups is 1. The lowest BCUT2D eigenvalue weighted by Gasteiger charge is -1.93. The van der Waals surface area contributed by atoms with Crippen molar-refractivity contribution in [2.45, 2.75) is 13.0 Å². The molecule has 1 atom stereocenters. The second-order valence-corrected chi connectivity index (χ2v) is 3.85. The van der Waals surface area contributed by atoms with Gasteiger partial charge in [0.25, 0.3) is 0 Å². The van der Waals surface area contributed by atoms with Gasteiger partial charge in [0.15, 0.2) is 5.01 Å². The van der Waals surface area contributed by atoms with Crippen molar-refractivity contribution >= 4 is 11.3 Å². The summed E-state index contributed by atoms with van der Waals surface area (Å²) in [6.45, 7) is 1.67. The molecule has 0 amide bonds. The first-order valence-electron chi connectivity index (χ1n) is 4.20. The van der Waals surface area contributed by atoms with Crippen LogP contribution in [0.3, 0.4) is 0 Å². The van der Waals surface area contributed by atoms with Crippen molar-refractivity contribution in [2.24, 2.45) is 0 Å². The fourth-order valence-electron chi connectivity index (χ4n) is 0.996. The first-order valence-corrected chi connectivity index (χ1v) is 5.02. The quantitative estimate of drug-likeness (QED) is 0.813. The number of rotatable bonds is 2. The van der Waals surface area contributed by atoms with E-state index in [-0.39, 0.29) is 0 Å². The van der Waals surface area contributed by atoms with Crippen molar-refractivity contribution in [2.75, 3.05) is 0 Å². The monoisotopic (exact) mass is 207 g/mol. The predicted octanol–water partition coefficient (Wildman–Crippen LogP) is 1.65. The van der Waals surface area contributed by atoms with Crippen LogP contribution in [-0.4, -0.2) is 20.3 Å². The third-order valence-electron chi connectivity index (χ3n) is 1.68. The molecule has 0 aliphatic heterocycles. The Morgan fingerprint density at radius 2 is 2.21 bits per heavy atom. The Balaban J connectivity index is 2.34. The third-order valence-corrected chi connectivity index (χ3v) is 2.80. The van der Waals surface area contributed by atoms with Gasteiger partial charge in [-0.3, -0.25) is 4.98 Å². The van der Waals surface area contributed by atoms with Crippen LogP contribution in [0.5, 0.6) is 0 Å². The molecule has 0 fully saturated rings. The lowest BCUT2D eigenvalue weighted by molar-refractivity contribution is 0.198. The summed E-state index contributed by atoms with van der Waals surface area (Å²) in [7, 11) is 0. The van der Waals surface area contributed by atoms with Gasteiger partial charge in [-0.2, -0.15) is 0 Å². The normalized spacial score (nSPS) is 12.7. The van der Waals surface area contributed by atoms with Crippen LogP contribution in [0.25, 0.3) is 10.7 Å². The van der Waals surface area contributed by atoms with E-state index in [2.05, 4.69) is 15.2 Å². The van der Waals surface area contributed by atoms with Gasteiger partial charge in [-0.1, -0.05) is 17.4 Å². The summed E-state index contributed by atoms with van der Waals surface area (Å²) in [5.41, 5.74) is 0.789. The summed E-state index contributed by atoms with van der Waals surface area (Å²) >= 11 is 1.36. The van der Waals surface area contributed by atoms with Gasteiger partial charge in [-0.15, -0.1) is 10.2 Å². The molecule has 2 aromatic heterocycles. The van der Waals surface area contributed by atoms with E-state index in [4.69, 9.17) is 0 Å². The fourth-order valence-corrected chi connectivity index (χ4v) is 1.75. The Morgan fingerprint density at radius 3 is 2.79 bits per heavy atom. The molecule has 0 spiro atoms. The molecule has 0 bridgehead atoms. The zero-order chi connectivity index (χ0) is 9.97. The van der Waals surface area contributed by atoms with Crippen molar-refractivity contribution in [3.05, 3.63) is 29.4 Å². The van der Waals surface area contributed by atoms with Crippen LogP contribution >= 0.6 is 11.3 Å². The van der Waals surface area contributed by atoms with Crippen molar-refractivity contribution < 1.29 is 5.11 Å². The van der Waals surface area contributed by atoms with Crippen molar-refractivity contribution in [3.8, 4) is 10.7 Å². The van der Waals surface area contributed by atoms with Gasteiger partial charge in [0, 0.05) is 6.20 Å². The average molecular weight is 207 g/mol. The molecule has 2 rings (SSSR count). The van der Waals surface area contributed by atoms with E-state index in [1.165, 1.54) is 11.3 Å². The molecule has 1 N–H and O–H groups in total. The van der Waals surface area contributed by atoms with E-state index in [9.17, 15) is 5.11 Å². The molecule has 0 aliphatic carbocycles. The molecule has 0 aliphatic rings. The van der Waals surface area contributed by atoms with Crippen LogP contribution < -0.4 is 0 Å². The Morgan fingerprint density at radius 1 is 1.36 bits per heavy atom. The Labute approximate surface area is 85.3 Å². The molecule has 0 radical (unpaired) electrons. The number of hydrogen-bond donors (Lipinski definition) is 1. The lowest BCUT2D eigenvalue weighted by Crippen LogP contribution is -1.88. The van der Waals surface area contributed by atoms with Crippen LogP contribution in [-0.2, 0) is 0 Å². The van der Waals surface area contributed by atoms with Gasteiger partial charge >= 0.3 is 0 Å². The average Bonchev–Trinajstić information content (AvgIpc) is 2.68. The summed E-state index contributed by atoms with van der Waals surface area (Å²) in [5.74, 6) is 0. The second-order valence-electron chi connectivity index (χ2n) is 2.84. The van der Waals surface area contributed by atoms with E-state index >= 15 is 0 Å². The van der Waals surface area contributed by atoms with Crippen molar-refractivity contribution in [3.63, 3.8) is 0 Å². The number of aromatic nitrogens is 3. The van der Waals surface area contributed by atoms with Gasteiger partial charge in [0.1, 0.15) is 16.8 Å². The highest BCUT2D eigenvalue weighted by Crippen LogP contribution is 2.24. The topological polar surface area (TPSA) is 58.9 Å². The third kappa shape index (κ3) is 1.78. The minimum absolute atomic E-state index is 0.565. The number of aliphatic hydroxyl groups excluding tert-OH is 1. The van der Waals surface area contributed by atoms with Gasteiger partial charge in [-0.25, -0.2) is 0 Å². The van der Waals surface area contributed by atoms with Crippen LogP contribution in [0.2, 0.25) is 0 Å². The largest absolute Gasteiger partial charge is 0.386 e. The molecule has 0 saturated carbocycles. The number of nitrogens with zero attached hydrogens (tertiary/aromatic N) is 3. The van der Waals surface area contributed by atoms with Gasteiger partial charge in [0.2, 0.25) is 0 Å². The predicted molar refractivity (Wildman–Crippen MR) is 53.8 cm³/mol. The highest BCUT2D eigenvalue weighted by atomic mass is 32.1. The van der Waals surface area contributed by atoms with Gasteiger partial charge in [0.05, 0.1) is 0 Å². The van der Waals surface area contributed by atoms with Crippen molar-refractivity contribution in [1.82, 2.24) is 15.2 Å². The fraction of sp³-hybridized carbons (Fsp3) is 0.222. The maximum atomic E-state index is 9.27. The zero-order valence-corrected chi connectivity index (χ0v) is 8.40. The van der Waals surface area contributed by atoms with Crippen LogP contribution in [0.1, 0.15) is 18.0 Å². The second kappa shape index (κ2) is 3.81. The molecular formula is C9H9N3OS. The first-order chi connectivity index (χ1) is 6.77. The molecule has 4 nitrogen and oxygen atoms in total. The van der Waals surface area contributed by atoms with Crippen LogP contribution in [0.15, 0.2) is 24.4 Å². The molecule has 0 aromatic carbocycles. The van der Waals surface area contributed by atoms with E-state index < -0.39 is 6.10 Å². The smallest absolute Gasteiger partial charge is 0.166 e. The summed E-state index contributed by atoms with van der Waals surface area (Å²) in [4.78, 5) is 4.15. The molecule has 0 saturated heterocycles. The maximum absolute atomic E-state index is 9.27. The number of pyridine rings is 1. The van der Waals surface area contributed by atoms with Crippen molar-refractivity contribution in [1.29, 1.82) is 0 Å². The SMILES string of the molecule is C[C@H](O)c1nnc(-c2ccccn2)s1. The number of hydrogen-bond acceptors (Lipinski definition) is 5. The van der Waals surface area contributed by atoms with E-state index in [1.807, 2.05) is 18.2 Å². The standard InChI is InChI=1S/C9H9N3OS/c1-6(13)8-11-12-9(14-8)7-4-2-3-5-10-7/h2-6,13H,1H3/t6-/m0/s1. The van der Waals surface area contributed by atoms with Crippen LogP contribution in [0.4, 0.5) is 0 Å². The van der Waals surface area contributed by atoms with E-state index in [1.54, 1.807) is 13.1 Å². The summed E-state index contributed by atoms with van der Waals surface area (Å²) in [6.07, 6.45) is 1.14. The maximum Gasteiger partial charge on any atom is 0.166 e. The minimum Gasteiger partial charge on any atom is -0.386 e. The molecule has 2 aromatic rings. The van der Waals surface area contributed by atoms with Crippen LogP contribution in [0, 0.1) is 0 Å². The Bertz CT molecular complexity index is 413. The highest BCUT2D eigenvalue weighted by molar-refractivity contribution is 7.14.